The molecule has 3 rings (SSSR count). The summed E-state index contributed by atoms with van der Waals surface area (Å²) in [7, 11) is 0. The van der Waals surface area contributed by atoms with Gasteiger partial charge in [0.2, 0.25) is 5.91 Å². The van der Waals surface area contributed by atoms with E-state index in [2.05, 4.69) is 15.7 Å². The minimum Gasteiger partial charge on any atom is -0.348 e. The van der Waals surface area contributed by atoms with Crippen LogP contribution in [0.4, 0.5) is 4.39 Å². The lowest BCUT2D eigenvalue weighted by atomic mass is 10.1. The number of hydrogen-bond donors (Lipinski definition) is 2. The van der Waals surface area contributed by atoms with Crippen LogP contribution < -0.4 is 10.6 Å². The zero-order valence-electron chi connectivity index (χ0n) is 15.8. The van der Waals surface area contributed by atoms with Crippen molar-refractivity contribution in [3.05, 3.63) is 69.9 Å². The van der Waals surface area contributed by atoms with Crippen molar-refractivity contribution in [3.63, 3.8) is 0 Å². The van der Waals surface area contributed by atoms with Crippen molar-refractivity contribution in [1.82, 2.24) is 20.4 Å². The summed E-state index contributed by atoms with van der Waals surface area (Å²) in [4.78, 5) is 25.1. The molecule has 3 aromatic rings. The van der Waals surface area contributed by atoms with Crippen molar-refractivity contribution in [2.75, 3.05) is 0 Å². The summed E-state index contributed by atoms with van der Waals surface area (Å²) in [5.41, 5.74) is 2.42. The van der Waals surface area contributed by atoms with Crippen molar-refractivity contribution in [2.24, 2.45) is 0 Å². The number of aromatic nitrogens is 2. The van der Waals surface area contributed by atoms with Crippen molar-refractivity contribution < 1.29 is 14.0 Å². The van der Waals surface area contributed by atoms with E-state index in [1.807, 2.05) is 19.2 Å². The van der Waals surface area contributed by atoms with Crippen molar-refractivity contribution in [1.29, 1.82) is 0 Å². The summed E-state index contributed by atoms with van der Waals surface area (Å²) >= 11 is 1.32. The van der Waals surface area contributed by atoms with Gasteiger partial charge in [-0.2, -0.15) is 5.10 Å². The Bertz CT molecular complexity index is 967. The first-order chi connectivity index (χ1) is 13.4. The quantitative estimate of drug-likeness (QED) is 0.666. The fourth-order valence-electron chi connectivity index (χ4n) is 2.85. The van der Waals surface area contributed by atoms with Crippen LogP contribution in [0, 0.1) is 12.7 Å². The van der Waals surface area contributed by atoms with E-state index in [1.54, 1.807) is 42.1 Å². The van der Waals surface area contributed by atoms with Crippen LogP contribution >= 0.6 is 11.3 Å². The molecule has 2 amide bonds. The highest BCUT2D eigenvalue weighted by Gasteiger charge is 2.21. The molecule has 0 fully saturated rings. The number of carbonyl (C=O) groups excluding carboxylic acids is 2. The highest BCUT2D eigenvalue weighted by atomic mass is 32.1. The molecule has 6 nitrogen and oxygen atoms in total. The lowest BCUT2D eigenvalue weighted by molar-refractivity contribution is -0.123. The number of halogens is 1. The summed E-state index contributed by atoms with van der Waals surface area (Å²) in [6.45, 7) is 5.38. The summed E-state index contributed by atoms with van der Waals surface area (Å²) in [5, 5.41) is 11.7. The largest absolute Gasteiger partial charge is 0.348 e. The van der Waals surface area contributed by atoms with Crippen LogP contribution in [0.2, 0.25) is 0 Å². The third kappa shape index (κ3) is 4.28. The Kier molecular flexibility index (Phi) is 5.89. The average molecular weight is 400 g/mol. The Morgan fingerprint density at radius 1 is 1.14 bits per heavy atom. The number of nitrogens with zero attached hydrogens (tertiary/aromatic N) is 2. The van der Waals surface area contributed by atoms with Gasteiger partial charge in [0.05, 0.1) is 22.8 Å². The van der Waals surface area contributed by atoms with E-state index >= 15 is 0 Å². The molecule has 28 heavy (non-hydrogen) atoms. The number of nitrogens with one attached hydrogen (secondary N) is 2. The SMILES string of the molecule is Cc1c([C@H](C)NC(=O)[C@@H](C)NC(=O)c2cccs2)cnn1-c1ccc(F)cc1. The Balaban J connectivity index is 1.65. The van der Waals surface area contributed by atoms with Crippen LogP contribution in [-0.4, -0.2) is 27.6 Å². The molecule has 0 saturated heterocycles. The summed E-state index contributed by atoms with van der Waals surface area (Å²) in [6, 6.07) is 8.55. The molecule has 0 aliphatic rings. The van der Waals surface area contributed by atoms with E-state index in [1.165, 1.54) is 23.5 Å². The van der Waals surface area contributed by atoms with Gasteiger partial charge in [-0.3, -0.25) is 9.59 Å². The zero-order valence-corrected chi connectivity index (χ0v) is 16.6. The Hall–Kier alpha value is -3.00. The fraction of sp³-hybridized carbons (Fsp3) is 0.250. The molecule has 2 heterocycles. The highest BCUT2D eigenvalue weighted by molar-refractivity contribution is 7.12. The maximum Gasteiger partial charge on any atom is 0.261 e. The van der Waals surface area contributed by atoms with Gasteiger partial charge in [0.15, 0.2) is 0 Å². The minimum atomic E-state index is -0.676. The van der Waals surface area contributed by atoms with Gasteiger partial charge in [-0.05, 0) is 56.5 Å². The maximum absolute atomic E-state index is 13.1. The van der Waals surface area contributed by atoms with Crippen molar-refractivity contribution in [3.8, 4) is 5.69 Å². The topological polar surface area (TPSA) is 76.0 Å². The van der Waals surface area contributed by atoms with Gasteiger partial charge in [-0.15, -0.1) is 11.3 Å². The van der Waals surface area contributed by atoms with Gasteiger partial charge in [0, 0.05) is 11.3 Å². The van der Waals surface area contributed by atoms with Crippen LogP contribution in [0.25, 0.3) is 5.69 Å². The molecular weight excluding hydrogens is 379 g/mol. The molecule has 0 aliphatic heterocycles. The van der Waals surface area contributed by atoms with Gasteiger partial charge in [0.25, 0.3) is 5.91 Å². The van der Waals surface area contributed by atoms with Gasteiger partial charge >= 0.3 is 0 Å². The number of hydrogen-bond acceptors (Lipinski definition) is 4. The molecule has 0 bridgehead atoms. The number of benzene rings is 1. The number of carbonyl (C=O) groups is 2. The van der Waals surface area contributed by atoms with E-state index in [0.717, 1.165) is 16.9 Å². The summed E-state index contributed by atoms with van der Waals surface area (Å²) < 4.78 is 14.8. The molecule has 0 spiro atoms. The Morgan fingerprint density at radius 3 is 2.50 bits per heavy atom. The van der Waals surface area contributed by atoms with Crippen LogP contribution in [0.15, 0.2) is 48.0 Å². The second-order valence-corrected chi connectivity index (χ2v) is 7.42. The van der Waals surface area contributed by atoms with E-state index < -0.39 is 6.04 Å². The molecule has 2 atom stereocenters. The van der Waals surface area contributed by atoms with Gasteiger partial charge < -0.3 is 10.6 Å². The third-order valence-corrected chi connectivity index (χ3v) is 5.30. The molecule has 8 heteroatoms. The standard InChI is InChI=1S/C20H21FN4O2S/c1-12(23-19(26)13(2)24-20(27)18-5-4-10-28-18)17-11-22-25(14(17)3)16-8-6-15(21)7-9-16/h4-13H,1-3H3,(H,23,26)(H,24,27)/t12-,13+/m0/s1. The minimum absolute atomic E-state index is 0.273. The Labute approximate surface area is 166 Å². The molecule has 146 valence electrons. The third-order valence-electron chi connectivity index (χ3n) is 4.43. The molecule has 2 N–H and O–H groups in total. The van der Waals surface area contributed by atoms with Crippen LogP contribution in [-0.2, 0) is 4.79 Å². The molecule has 2 aromatic heterocycles. The monoisotopic (exact) mass is 400 g/mol. The van der Waals surface area contributed by atoms with E-state index in [0.29, 0.717) is 4.88 Å². The molecule has 0 aliphatic carbocycles. The maximum atomic E-state index is 13.1. The smallest absolute Gasteiger partial charge is 0.261 e. The normalized spacial score (nSPS) is 13.0. The lowest BCUT2D eigenvalue weighted by Crippen LogP contribution is -2.45. The molecule has 0 unspecified atom stereocenters. The second kappa shape index (κ2) is 8.35. The fourth-order valence-corrected chi connectivity index (χ4v) is 3.47. The molecular formula is C20H21FN4O2S. The van der Waals surface area contributed by atoms with E-state index in [4.69, 9.17) is 0 Å². The van der Waals surface area contributed by atoms with E-state index in [9.17, 15) is 14.0 Å². The highest BCUT2D eigenvalue weighted by Crippen LogP contribution is 2.20. The summed E-state index contributed by atoms with van der Waals surface area (Å²) in [6.07, 6.45) is 1.68. The number of rotatable bonds is 6. The first-order valence-electron chi connectivity index (χ1n) is 8.82. The lowest BCUT2D eigenvalue weighted by Gasteiger charge is -2.18. The number of amides is 2. The summed E-state index contributed by atoms with van der Waals surface area (Å²) in [5.74, 6) is -0.870. The van der Waals surface area contributed by atoms with Crippen molar-refractivity contribution >= 4 is 23.2 Å². The molecule has 0 radical (unpaired) electrons. The first kappa shape index (κ1) is 19.8. The van der Waals surface area contributed by atoms with Gasteiger partial charge in [0.1, 0.15) is 11.9 Å². The molecule has 0 saturated carbocycles. The number of thiophene rings is 1. The van der Waals surface area contributed by atoms with Crippen molar-refractivity contribution in [2.45, 2.75) is 32.9 Å². The van der Waals surface area contributed by atoms with Crippen LogP contribution in [0.1, 0.15) is 40.8 Å². The van der Waals surface area contributed by atoms with E-state index in [-0.39, 0.29) is 23.7 Å². The molecule has 1 aromatic carbocycles. The van der Waals surface area contributed by atoms with Gasteiger partial charge in [-0.1, -0.05) is 6.07 Å². The first-order valence-corrected chi connectivity index (χ1v) is 9.70. The second-order valence-electron chi connectivity index (χ2n) is 6.48. The zero-order chi connectivity index (χ0) is 20.3. The van der Waals surface area contributed by atoms with Crippen LogP contribution in [0.3, 0.4) is 0 Å². The van der Waals surface area contributed by atoms with Gasteiger partial charge in [-0.25, -0.2) is 9.07 Å². The van der Waals surface area contributed by atoms with Crippen LogP contribution in [0.5, 0.6) is 0 Å². The Morgan fingerprint density at radius 2 is 1.86 bits per heavy atom. The predicted molar refractivity (Wildman–Crippen MR) is 106 cm³/mol. The predicted octanol–water partition coefficient (Wildman–Crippen LogP) is 3.38. The average Bonchev–Trinajstić information content (AvgIpc) is 3.32.